The first-order chi connectivity index (χ1) is 19.6. The number of aromatic nitrogens is 4. The van der Waals surface area contributed by atoms with Gasteiger partial charge in [-0.15, -0.1) is 5.10 Å². The summed E-state index contributed by atoms with van der Waals surface area (Å²) in [5.74, 6) is -0.0250. The van der Waals surface area contributed by atoms with Crippen LogP contribution in [0.4, 0.5) is 5.69 Å². The van der Waals surface area contributed by atoms with Crippen molar-refractivity contribution in [2.45, 2.75) is 130 Å². The normalized spacial score (nSPS) is 12.5. The monoisotopic (exact) mass is 585 g/mol. The van der Waals surface area contributed by atoms with Gasteiger partial charge in [-0.25, -0.2) is 4.98 Å². The van der Waals surface area contributed by atoms with Crippen LogP contribution >= 0.6 is 11.6 Å². The molecule has 0 fully saturated rings. The van der Waals surface area contributed by atoms with E-state index in [9.17, 15) is 9.59 Å². The third-order valence-electron chi connectivity index (χ3n) is 7.27. The molecule has 0 aliphatic rings. The molecule has 1 amide bonds. The molecular weight excluding hydrogens is 538 g/mol. The van der Waals surface area contributed by atoms with Crippen LogP contribution < -0.4 is 5.32 Å². The van der Waals surface area contributed by atoms with Crippen LogP contribution in [0, 0.1) is 0 Å². The molecule has 1 atom stereocenters. The minimum atomic E-state index is -0.329. The molecule has 0 aliphatic heterocycles. The summed E-state index contributed by atoms with van der Waals surface area (Å²) < 4.78 is 7.09. The van der Waals surface area contributed by atoms with E-state index in [0.29, 0.717) is 22.2 Å². The Morgan fingerprint density at radius 1 is 0.976 bits per heavy atom. The number of H-pyrrole nitrogens is 1. The first-order valence-corrected chi connectivity index (χ1v) is 15.7. The number of nitrogens with zero attached hydrogens (tertiary/aromatic N) is 3. The minimum Gasteiger partial charge on any atom is -0.463 e. The van der Waals surface area contributed by atoms with E-state index >= 15 is 0 Å². The number of carbonyl (C=O) groups is 2. The summed E-state index contributed by atoms with van der Waals surface area (Å²) in [6.45, 7) is 10.4. The van der Waals surface area contributed by atoms with Gasteiger partial charge in [0.05, 0.1) is 18.2 Å². The van der Waals surface area contributed by atoms with Crippen molar-refractivity contribution in [2.24, 2.45) is 0 Å². The van der Waals surface area contributed by atoms with Crippen LogP contribution in [0.5, 0.6) is 0 Å². The minimum absolute atomic E-state index is 0.0637. The lowest BCUT2D eigenvalue weighted by Gasteiger charge is -2.16. The molecule has 226 valence electrons. The molecule has 2 heterocycles. The number of hydrogen-bond donors (Lipinski definition) is 2. The van der Waals surface area contributed by atoms with Crippen molar-refractivity contribution in [3.05, 3.63) is 35.0 Å². The van der Waals surface area contributed by atoms with Gasteiger partial charge in [-0.3, -0.25) is 14.7 Å². The van der Waals surface area contributed by atoms with Crippen LogP contribution in [0.25, 0.3) is 17.0 Å². The highest BCUT2D eigenvalue weighted by Gasteiger charge is 2.24. The van der Waals surface area contributed by atoms with Gasteiger partial charge in [0, 0.05) is 23.1 Å². The molecule has 0 bridgehead atoms. The van der Waals surface area contributed by atoms with E-state index in [-0.39, 0.29) is 36.2 Å². The molecule has 3 rings (SSSR count). The van der Waals surface area contributed by atoms with Gasteiger partial charge in [0.15, 0.2) is 11.5 Å². The Bertz CT molecular complexity index is 1240. The maximum atomic E-state index is 12.4. The second-order valence-corrected chi connectivity index (χ2v) is 12.5. The Morgan fingerprint density at radius 3 is 2.17 bits per heavy atom. The zero-order valence-electron chi connectivity index (χ0n) is 25.5. The van der Waals surface area contributed by atoms with Gasteiger partial charge in [0.2, 0.25) is 5.91 Å². The molecule has 0 aliphatic carbocycles. The molecule has 0 saturated heterocycles. The lowest BCUT2D eigenvalue weighted by atomic mass is 9.92. The van der Waals surface area contributed by atoms with E-state index in [1.165, 1.54) is 57.8 Å². The topological polar surface area (TPSA) is 101 Å². The first kappa shape index (κ1) is 32.6. The van der Waals surface area contributed by atoms with Gasteiger partial charge >= 0.3 is 5.97 Å². The molecule has 0 saturated carbocycles. The van der Waals surface area contributed by atoms with Crippen LogP contribution in [0.3, 0.4) is 0 Å². The van der Waals surface area contributed by atoms with Crippen molar-refractivity contribution < 1.29 is 14.3 Å². The van der Waals surface area contributed by atoms with Crippen LogP contribution in [0.2, 0.25) is 5.02 Å². The average molecular weight is 586 g/mol. The predicted octanol–water partition coefficient (Wildman–Crippen LogP) is 8.64. The molecule has 2 aromatic heterocycles. The van der Waals surface area contributed by atoms with E-state index in [2.05, 4.69) is 48.2 Å². The fourth-order valence-electron chi connectivity index (χ4n) is 4.82. The van der Waals surface area contributed by atoms with Gasteiger partial charge in [-0.05, 0) is 44.0 Å². The van der Waals surface area contributed by atoms with E-state index < -0.39 is 0 Å². The molecule has 1 aromatic carbocycles. The zero-order chi connectivity index (χ0) is 29.8. The lowest BCUT2D eigenvalue weighted by molar-refractivity contribution is -0.149. The van der Waals surface area contributed by atoms with Crippen molar-refractivity contribution in [3.63, 3.8) is 0 Å². The zero-order valence-corrected chi connectivity index (χ0v) is 26.3. The number of nitrogens with one attached hydrogen (secondary N) is 2. The molecule has 0 radical (unpaired) electrons. The van der Waals surface area contributed by atoms with Gasteiger partial charge in [0.25, 0.3) is 0 Å². The Hall–Kier alpha value is -2.87. The molecule has 2 N–H and O–H groups in total. The third kappa shape index (κ3) is 10.5. The van der Waals surface area contributed by atoms with Crippen molar-refractivity contribution >= 4 is 34.8 Å². The van der Waals surface area contributed by atoms with E-state index in [1.54, 1.807) is 16.8 Å². The number of anilines is 1. The van der Waals surface area contributed by atoms with Crippen LogP contribution in [0.1, 0.15) is 124 Å². The quantitative estimate of drug-likeness (QED) is 0.122. The van der Waals surface area contributed by atoms with Crippen LogP contribution in [0.15, 0.2) is 24.3 Å². The number of benzene rings is 1. The largest absolute Gasteiger partial charge is 0.463 e. The summed E-state index contributed by atoms with van der Waals surface area (Å²) in [4.78, 5) is 29.2. The summed E-state index contributed by atoms with van der Waals surface area (Å²) in [7, 11) is 0. The van der Waals surface area contributed by atoms with Crippen LogP contribution in [-0.2, 0) is 19.7 Å². The SMILES string of the molecule is CCCCCCCCCCCCC(C)OC(=O)CCC(=O)Nc1ccc(-c2nc3c(Cl)c(C(C)(C)C)[nH]n3n2)cc1. The summed E-state index contributed by atoms with van der Waals surface area (Å²) in [6, 6.07) is 7.26. The molecule has 0 spiro atoms. The highest BCUT2D eigenvalue weighted by Crippen LogP contribution is 2.32. The highest BCUT2D eigenvalue weighted by atomic mass is 35.5. The van der Waals surface area contributed by atoms with Gasteiger partial charge < -0.3 is 10.1 Å². The molecule has 1 unspecified atom stereocenters. The average Bonchev–Trinajstić information content (AvgIpc) is 3.48. The Balaban J connectivity index is 1.33. The number of carbonyl (C=O) groups excluding carboxylic acids is 2. The summed E-state index contributed by atoms with van der Waals surface area (Å²) in [6.07, 6.45) is 13.7. The highest BCUT2D eigenvalue weighted by molar-refractivity contribution is 6.34. The Labute approximate surface area is 250 Å². The number of halogens is 1. The Morgan fingerprint density at radius 2 is 1.59 bits per heavy atom. The summed E-state index contributed by atoms with van der Waals surface area (Å²) >= 11 is 6.53. The standard InChI is InChI=1S/C32H48ClN5O3/c1-6-7-8-9-10-11-12-13-14-15-16-23(2)41-27(40)22-21-26(39)34-25-19-17-24(18-20-25)30-35-31-28(33)29(32(3,4)5)36-38(31)37-30/h17-20,23,36H,6-16,21-22H2,1-5H3,(H,34,39). The number of ether oxygens (including phenoxy) is 1. The fourth-order valence-corrected chi connectivity index (χ4v) is 5.27. The van der Waals surface area contributed by atoms with E-state index in [1.807, 2.05) is 19.1 Å². The van der Waals surface area contributed by atoms with Crippen molar-refractivity contribution in [1.29, 1.82) is 0 Å². The van der Waals surface area contributed by atoms with Gasteiger partial charge in [0.1, 0.15) is 5.02 Å². The maximum absolute atomic E-state index is 12.4. The van der Waals surface area contributed by atoms with Crippen molar-refractivity contribution in [2.75, 3.05) is 5.32 Å². The van der Waals surface area contributed by atoms with E-state index in [0.717, 1.165) is 24.1 Å². The second kappa shape index (κ2) is 15.9. The summed E-state index contributed by atoms with van der Waals surface area (Å²) in [5, 5.41) is 11.1. The summed E-state index contributed by atoms with van der Waals surface area (Å²) in [5.41, 5.74) is 2.74. The molecule has 3 aromatic rings. The molecule has 8 nitrogen and oxygen atoms in total. The number of unbranched alkanes of at least 4 members (excludes halogenated alkanes) is 9. The third-order valence-corrected chi connectivity index (χ3v) is 7.63. The Kier molecular flexibility index (Phi) is 12.7. The molecular formula is C32H48ClN5O3. The second-order valence-electron chi connectivity index (χ2n) is 12.1. The van der Waals surface area contributed by atoms with Crippen molar-refractivity contribution in [3.8, 4) is 11.4 Å². The predicted molar refractivity (Wildman–Crippen MR) is 166 cm³/mol. The maximum Gasteiger partial charge on any atom is 0.306 e. The van der Waals surface area contributed by atoms with E-state index in [4.69, 9.17) is 16.3 Å². The van der Waals surface area contributed by atoms with Crippen molar-refractivity contribution in [1.82, 2.24) is 19.8 Å². The fraction of sp³-hybridized carbons (Fsp3) is 0.625. The first-order valence-electron chi connectivity index (χ1n) is 15.3. The molecule has 9 heteroatoms. The molecule has 41 heavy (non-hydrogen) atoms. The number of rotatable bonds is 17. The lowest BCUT2D eigenvalue weighted by Crippen LogP contribution is -2.18. The smallest absolute Gasteiger partial charge is 0.306 e. The van der Waals surface area contributed by atoms with Crippen LogP contribution in [-0.4, -0.2) is 37.8 Å². The number of aromatic amines is 1. The number of amides is 1. The van der Waals surface area contributed by atoms with Gasteiger partial charge in [-0.2, -0.15) is 4.63 Å². The number of esters is 1. The number of hydrogen-bond acceptors (Lipinski definition) is 5. The number of fused-ring (bicyclic) bond motifs is 1. The van der Waals surface area contributed by atoms with Gasteiger partial charge in [-0.1, -0.05) is 97.1 Å².